The molecule has 1 unspecified atom stereocenters. The molecule has 1 heterocycles. The van der Waals surface area contributed by atoms with Crippen LogP contribution in [0.4, 0.5) is 4.39 Å². The van der Waals surface area contributed by atoms with E-state index in [2.05, 4.69) is 23.9 Å². The van der Waals surface area contributed by atoms with Crippen molar-refractivity contribution in [1.29, 1.82) is 0 Å². The Morgan fingerprint density at radius 3 is 2.58 bits per heavy atom. The Balaban J connectivity index is 2.08. The first kappa shape index (κ1) is 13.7. The van der Waals surface area contributed by atoms with Gasteiger partial charge < -0.3 is 5.11 Å². The van der Waals surface area contributed by atoms with E-state index in [0.717, 1.165) is 12.4 Å². The van der Waals surface area contributed by atoms with Gasteiger partial charge in [-0.15, -0.1) is 0 Å². The van der Waals surface area contributed by atoms with Crippen molar-refractivity contribution in [3.8, 4) is 0 Å². The number of hydrogen-bond donors (Lipinski definition) is 1. The van der Waals surface area contributed by atoms with Crippen LogP contribution in [0.1, 0.15) is 31.3 Å². The molecule has 2 aromatic rings. The summed E-state index contributed by atoms with van der Waals surface area (Å²) in [5.41, 5.74) is 0.681. The molecule has 2 rings (SSSR count). The van der Waals surface area contributed by atoms with Gasteiger partial charge in [-0.1, -0.05) is 26.0 Å². The summed E-state index contributed by atoms with van der Waals surface area (Å²) in [4.78, 5) is 4.17. The number of hydrogen-bond acceptors (Lipinski definition) is 3. The van der Waals surface area contributed by atoms with Gasteiger partial charge in [0.05, 0.1) is 6.10 Å². The molecular weight excluding hydrogens is 245 g/mol. The van der Waals surface area contributed by atoms with Crippen molar-refractivity contribution >= 4 is 0 Å². The molecule has 102 valence electrons. The fourth-order valence-corrected chi connectivity index (χ4v) is 1.92. The molecule has 0 aliphatic heterocycles. The van der Waals surface area contributed by atoms with E-state index in [-0.39, 0.29) is 5.82 Å². The first-order chi connectivity index (χ1) is 9.06. The van der Waals surface area contributed by atoms with Gasteiger partial charge in [0, 0.05) is 13.0 Å². The molecule has 0 fully saturated rings. The lowest BCUT2D eigenvalue weighted by molar-refractivity contribution is 0.173. The highest BCUT2D eigenvalue weighted by molar-refractivity contribution is 5.19. The zero-order valence-corrected chi connectivity index (χ0v) is 11.1. The molecule has 1 aromatic heterocycles. The van der Waals surface area contributed by atoms with E-state index < -0.39 is 6.10 Å². The van der Waals surface area contributed by atoms with E-state index in [1.165, 1.54) is 18.5 Å². The molecule has 4 nitrogen and oxygen atoms in total. The van der Waals surface area contributed by atoms with Crippen LogP contribution in [0.25, 0.3) is 0 Å². The van der Waals surface area contributed by atoms with Gasteiger partial charge in [-0.3, -0.25) is 0 Å². The molecule has 0 bridgehead atoms. The summed E-state index contributed by atoms with van der Waals surface area (Å²) in [5.74, 6) is 0.896. The van der Waals surface area contributed by atoms with Crippen LogP contribution in [0.3, 0.4) is 0 Å². The number of halogens is 1. The minimum absolute atomic E-state index is 0.307. The van der Waals surface area contributed by atoms with Crippen LogP contribution in [0, 0.1) is 11.7 Å². The smallest absolute Gasteiger partial charge is 0.138 e. The maximum atomic E-state index is 12.8. The van der Waals surface area contributed by atoms with Crippen molar-refractivity contribution in [2.75, 3.05) is 0 Å². The van der Waals surface area contributed by atoms with Crippen LogP contribution in [-0.4, -0.2) is 19.9 Å². The highest BCUT2D eigenvalue weighted by atomic mass is 19.1. The predicted molar refractivity (Wildman–Crippen MR) is 69.9 cm³/mol. The van der Waals surface area contributed by atoms with Gasteiger partial charge >= 0.3 is 0 Å². The Labute approximate surface area is 111 Å². The molecule has 0 radical (unpaired) electrons. The summed E-state index contributed by atoms with van der Waals surface area (Å²) in [6, 6.07) is 5.86. The fraction of sp³-hybridized carbons (Fsp3) is 0.429. The lowest BCUT2D eigenvalue weighted by Gasteiger charge is -2.12. The van der Waals surface area contributed by atoms with Crippen molar-refractivity contribution < 1.29 is 9.50 Å². The summed E-state index contributed by atoms with van der Waals surface area (Å²) < 4.78 is 14.6. The van der Waals surface area contributed by atoms with Crippen LogP contribution in [-0.2, 0) is 13.0 Å². The van der Waals surface area contributed by atoms with Gasteiger partial charge in [0.1, 0.15) is 18.0 Å². The van der Waals surface area contributed by atoms with E-state index in [0.29, 0.717) is 17.9 Å². The van der Waals surface area contributed by atoms with Crippen LogP contribution in [0.5, 0.6) is 0 Å². The molecule has 0 aliphatic carbocycles. The Kier molecular flexibility index (Phi) is 4.27. The molecule has 0 spiro atoms. The van der Waals surface area contributed by atoms with Crippen LogP contribution < -0.4 is 0 Å². The third-order valence-corrected chi connectivity index (χ3v) is 2.86. The molecule has 0 amide bonds. The number of aromatic nitrogens is 3. The van der Waals surface area contributed by atoms with Gasteiger partial charge in [-0.2, -0.15) is 5.10 Å². The lowest BCUT2D eigenvalue weighted by Crippen LogP contribution is -2.13. The highest BCUT2D eigenvalue weighted by Crippen LogP contribution is 2.17. The molecule has 19 heavy (non-hydrogen) atoms. The van der Waals surface area contributed by atoms with Crippen molar-refractivity contribution in [3.63, 3.8) is 0 Å². The predicted octanol–water partition coefficient (Wildman–Crippen LogP) is 2.35. The largest absolute Gasteiger partial charge is 0.388 e. The molecule has 1 atom stereocenters. The van der Waals surface area contributed by atoms with Gasteiger partial charge in [0.2, 0.25) is 0 Å². The Morgan fingerprint density at radius 2 is 1.95 bits per heavy atom. The lowest BCUT2D eigenvalue weighted by atomic mass is 10.1. The average Bonchev–Trinajstić information content (AvgIpc) is 2.76. The summed E-state index contributed by atoms with van der Waals surface area (Å²) in [6.07, 6.45) is 1.17. The molecule has 5 heteroatoms. The van der Waals surface area contributed by atoms with Gasteiger partial charge in [-0.25, -0.2) is 14.1 Å². The molecule has 0 aliphatic rings. The maximum Gasteiger partial charge on any atom is 0.138 e. The Bertz CT molecular complexity index is 522. The molecule has 0 saturated heterocycles. The maximum absolute atomic E-state index is 12.8. The standard InChI is InChI=1S/C14H18FN3O/c1-10(2)8-18-14(16-9-17-18)7-13(19)11-3-5-12(15)6-4-11/h3-6,9-10,13,19H,7-8H2,1-2H3. The topological polar surface area (TPSA) is 50.9 Å². The monoisotopic (exact) mass is 263 g/mol. The fourth-order valence-electron chi connectivity index (χ4n) is 1.92. The van der Waals surface area contributed by atoms with Crippen molar-refractivity contribution in [2.24, 2.45) is 5.92 Å². The number of nitrogens with zero attached hydrogens (tertiary/aromatic N) is 3. The first-order valence-electron chi connectivity index (χ1n) is 6.36. The van der Waals surface area contributed by atoms with E-state index in [1.54, 1.807) is 16.8 Å². The minimum atomic E-state index is -0.698. The van der Waals surface area contributed by atoms with E-state index in [9.17, 15) is 9.50 Å². The summed E-state index contributed by atoms with van der Waals surface area (Å²) in [6.45, 7) is 4.97. The zero-order valence-electron chi connectivity index (χ0n) is 11.1. The van der Waals surface area contributed by atoms with Crippen LogP contribution >= 0.6 is 0 Å². The van der Waals surface area contributed by atoms with Gasteiger partial charge in [0.25, 0.3) is 0 Å². The highest BCUT2D eigenvalue weighted by Gasteiger charge is 2.14. The third-order valence-electron chi connectivity index (χ3n) is 2.86. The molecular formula is C14H18FN3O. The SMILES string of the molecule is CC(C)Cn1ncnc1CC(O)c1ccc(F)cc1. The quantitative estimate of drug-likeness (QED) is 0.901. The molecule has 0 saturated carbocycles. The first-order valence-corrected chi connectivity index (χ1v) is 6.36. The number of aliphatic hydroxyl groups is 1. The Morgan fingerprint density at radius 1 is 1.26 bits per heavy atom. The zero-order chi connectivity index (χ0) is 13.8. The van der Waals surface area contributed by atoms with Crippen LogP contribution in [0.2, 0.25) is 0 Å². The molecule has 1 N–H and O–H groups in total. The normalized spacial score (nSPS) is 12.9. The van der Waals surface area contributed by atoms with Gasteiger partial charge in [-0.05, 0) is 23.6 Å². The summed E-state index contributed by atoms with van der Waals surface area (Å²) >= 11 is 0. The average molecular weight is 263 g/mol. The number of rotatable bonds is 5. The van der Waals surface area contributed by atoms with Crippen LogP contribution in [0.15, 0.2) is 30.6 Å². The number of aliphatic hydroxyl groups excluding tert-OH is 1. The second kappa shape index (κ2) is 5.93. The van der Waals surface area contributed by atoms with Crippen molar-refractivity contribution in [2.45, 2.75) is 32.9 Å². The molecule has 1 aromatic carbocycles. The van der Waals surface area contributed by atoms with E-state index >= 15 is 0 Å². The summed E-state index contributed by atoms with van der Waals surface area (Å²) in [7, 11) is 0. The van der Waals surface area contributed by atoms with Gasteiger partial charge in [0.15, 0.2) is 0 Å². The van der Waals surface area contributed by atoms with E-state index in [1.807, 2.05) is 0 Å². The number of benzene rings is 1. The Hall–Kier alpha value is -1.75. The second-order valence-electron chi connectivity index (χ2n) is 5.02. The summed E-state index contributed by atoms with van der Waals surface area (Å²) in [5, 5.41) is 14.3. The second-order valence-corrected chi connectivity index (χ2v) is 5.02. The minimum Gasteiger partial charge on any atom is -0.388 e. The van der Waals surface area contributed by atoms with E-state index in [4.69, 9.17) is 0 Å². The van der Waals surface area contributed by atoms with Crippen molar-refractivity contribution in [3.05, 3.63) is 47.8 Å². The third kappa shape index (κ3) is 3.61. The van der Waals surface area contributed by atoms with Crippen molar-refractivity contribution in [1.82, 2.24) is 14.8 Å².